The molecule has 0 amide bonds. The lowest BCUT2D eigenvalue weighted by molar-refractivity contribution is 0.279. The van der Waals surface area contributed by atoms with E-state index in [1.165, 1.54) is 12.8 Å². The number of nitrogens with one attached hydrogen (secondary N) is 1. The van der Waals surface area contributed by atoms with Crippen molar-refractivity contribution in [3.63, 3.8) is 0 Å². The van der Waals surface area contributed by atoms with Gasteiger partial charge in [0.2, 0.25) is 0 Å². The molecule has 2 rings (SSSR count). The molecule has 0 bridgehead atoms. The Bertz CT molecular complexity index is 276. The number of aromatic nitrogens is 2. The molecule has 0 atom stereocenters. The molecule has 1 aromatic rings. The van der Waals surface area contributed by atoms with Crippen molar-refractivity contribution in [2.45, 2.75) is 38.7 Å². The minimum atomic E-state index is 0.130. The van der Waals surface area contributed by atoms with Gasteiger partial charge in [0.1, 0.15) is 0 Å². The van der Waals surface area contributed by atoms with Gasteiger partial charge in [0, 0.05) is 17.2 Å². The second-order valence-corrected chi connectivity index (χ2v) is 3.35. The molecule has 1 aliphatic rings. The summed E-state index contributed by atoms with van der Waals surface area (Å²) < 4.78 is 0. The predicted octanol–water partition coefficient (Wildman–Crippen LogP) is 1.34. The fourth-order valence-corrected chi connectivity index (χ4v) is 1.58. The lowest BCUT2D eigenvalue weighted by Gasteiger charge is -1.97. The summed E-state index contributed by atoms with van der Waals surface area (Å²) in [6.07, 6.45) is 3.40. The smallest absolute Gasteiger partial charge is 0.0718 e. The first-order valence-corrected chi connectivity index (χ1v) is 4.53. The Kier molecular flexibility index (Phi) is 1.89. The maximum atomic E-state index is 9.14. The van der Waals surface area contributed by atoms with E-state index in [4.69, 9.17) is 5.11 Å². The van der Waals surface area contributed by atoms with Crippen LogP contribution in [0, 0.1) is 0 Å². The highest BCUT2D eigenvalue weighted by molar-refractivity contribution is 5.30. The number of aliphatic hydroxyl groups excluding tert-OH is 1. The highest BCUT2D eigenvalue weighted by Gasteiger charge is 2.29. The van der Waals surface area contributed by atoms with E-state index in [2.05, 4.69) is 17.1 Å². The quantitative estimate of drug-likeness (QED) is 0.712. The summed E-state index contributed by atoms with van der Waals surface area (Å²) in [6, 6.07) is 0. The number of aliphatic hydroxyl groups is 1. The van der Waals surface area contributed by atoms with Crippen molar-refractivity contribution in [3.05, 3.63) is 17.0 Å². The second-order valence-electron chi connectivity index (χ2n) is 3.35. The molecule has 0 unspecified atom stereocenters. The van der Waals surface area contributed by atoms with Crippen LogP contribution in [0.1, 0.15) is 42.6 Å². The van der Waals surface area contributed by atoms with E-state index in [1.54, 1.807) is 0 Å². The van der Waals surface area contributed by atoms with E-state index < -0.39 is 0 Å². The van der Waals surface area contributed by atoms with Crippen LogP contribution >= 0.6 is 0 Å². The Labute approximate surface area is 71.8 Å². The van der Waals surface area contributed by atoms with Gasteiger partial charge in [-0.25, -0.2) is 0 Å². The largest absolute Gasteiger partial charge is 0.392 e. The first kappa shape index (κ1) is 7.80. The van der Waals surface area contributed by atoms with Crippen LogP contribution in [-0.2, 0) is 13.0 Å². The van der Waals surface area contributed by atoms with Gasteiger partial charge in [-0.2, -0.15) is 5.10 Å². The number of aromatic amines is 1. The summed E-state index contributed by atoms with van der Waals surface area (Å²) in [5.41, 5.74) is 3.24. The van der Waals surface area contributed by atoms with Crippen LogP contribution in [-0.4, -0.2) is 15.3 Å². The summed E-state index contributed by atoms with van der Waals surface area (Å²) in [4.78, 5) is 0. The number of H-pyrrole nitrogens is 1. The van der Waals surface area contributed by atoms with Crippen LogP contribution in [0.25, 0.3) is 0 Å². The first-order chi connectivity index (χ1) is 5.86. The predicted molar refractivity (Wildman–Crippen MR) is 45.9 cm³/mol. The Balaban J connectivity index is 2.33. The Hall–Kier alpha value is -0.830. The average Bonchev–Trinajstić information content (AvgIpc) is 2.85. The van der Waals surface area contributed by atoms with Gasteiger partial charge in [-0.05, 0) is 19.3 Å². The number of hydrogen-bond acceptors (Lipinski definition) is 2. The zero-order valence-corrected chi connectivity index (χ0v) is 7.30. The SMILES string of the molecule is CCc1[nH]nc(C2CC2)c1CO. The monoisotopic (exact) mass is 166 g/mol. The minimum Gasteiger partial charge on any atom is -0.392 e. The van der Waals surface area contributed by atoms with Crippen molar-refractivity contribution in [1.82, 2.24) is 10.2 Å². The van der Waals surface area contributed by atoms with Gasteiger partial charge >= 0.3 is 0 Å². The van der Waals surface area contributed by atoms with Crippen LogP contribution in [0.4, 0.5) is 0 Å². The summed E-state index contributed by atoms with van der Waals surface area (Å²) in [7, 11) is 0. The third-order valence-electron chi connectivity index (χ3n) is 2.46. The van der Waals surface area contributed by atoms with E-state index >= 15 is 0 Å². The molecule has 3 heteroatoms. The van der Waals surface area contributed by atoms with Crippen LogP contribution in [0.5, 0.6) is 0 Å². The molecule has 1 aromatic heterocycles. The van der Waals surface area contributed by atoms with Crippen molar-refractivity contribution >= 4 is 0 Å². The van der Waals surface area contributed by atoms with Crippen LogP contribution in [0.3, 0.4) is 0 Å². The fraction of sp³-hybridized carbons (Fsp3) is 0.667. The molecule has 0 aliphatic heterocycles. The summed E-state index contributed by atoms with van der Waals surface area (Å²) in [5.74, 6) is 0.628. The highest BCUT2D eigenvalue weighted by atomic mass is 16.3. The van der Waals surface area contributed by atoms with Gasteiger partial charge in [0.15, 0.2) is 0 Å². The van der Waals surface area contributed by atoms with Crippen molar-refractivity contribution < 1.29 is 5.11 Å². The zero-order valence-electron chi connectivity index (χ0n) is 7.30. The van der Waals surface area contributed by atoms with Crippen molar-refractivity contribution in [3.8, 4) is 0 Å². The third kappa shape index (κ3) is 1.14. The van der Waals surface area contributed by atoms with E-state index in [-0.39, 0.29) is 6.61 Å². The van der Waals surface area contributed by atoms with Gasteiger partial charge in [-0.3, -0.25) is 5.10 Å². The molecule has 66 valence electrons. The molecule has 12 heavy (non-hydrogen) atoms. The molecule has 1 saturated carbocycles. The lowest BCUT2D eigenvalue weighted by atomic mass is 10.1. The summed E-state index contributed by atoms with van der Waals surface area (Å²) in [6.45, 7) is 2.20. The number of hydrogen-bond donors (Lipinski definition) is 2. The Morgan fingerprint density at radius 2 is 2.33 bits per heavy atom. The van der Waals surface area contributed by atoms with Crippen molar-refractivity contribution in [2.24, 2.45) is 0 Å². The van der Waals surface area contributed by atoms with Gasteiger partial charge in [0.05, 0.1) is 12.3 Å². The number of aryl methyl sites for hydroxylation is 1. The molecule has 3 nitrogen and oxygen atoms in total. The van der Waals surface area contributed by atoms with Crippen LogP contribution in [0.2, 0.25) is 0 Å². The fourth-order valence-electron chi connectivity index (χ4n) is 1.58. The molecule has 0 radical (unpaired) electrons. The molecule has 2 N–H and O–H groups in total. The molecule has 0 aromatic carbocycles. The molecule has 1 aliphatic carbocycles. The maximum absolute atomic E-state index is 9.14. The van der Waals surface area contributed by atoms with Gasteiger partial charge in [-0.15, -0.1) is 0 Å². The van der Waals surface area contributed by atoms with Crippen molar-refractivity contribution in [2.75, 3.05) is 0 Å². The average molecular weight is 166 g/mol. The molecular weight excluding hydrogens is 152 g/mol. The molecular formula is C9H14N2O. The van der Waals surface area contributed by atoms with Gasteiger partial charge in [0.25, 0.3) is 0 Å². The standard InChI is InChI=1S/C9H14N2O/c1-2-8-7(5-12)9(11-10-8)6-3-4-6/h6,12H,2-5H2,1H3,(H,10,11). The second kappa shape index (κ2) is 2.90. The lowest BCUT2D eigenvalue weighted by Crippen LogP contribution is -1.92. The number of rotatable bonds is 3. The van der Waals surface area contributed by atoms with Crippen LogP contribution in [0.15, 0.2) is 0 Å². The summed E-state index contributed by atoms with van der Waals surface area (Å²) >= 11 is 0. The normalized spacial score (nSPS) is 16.8. The molecule has 1 fully saturated rings. The van der Waals surface area contributed by atoms with E-state index in [0.29, 0.717) is 5.92 Å². The van der Waals surface area contributed by atoms with E-state index in [9.17, 15) is 0 Å². The minimum absolute atomic E-state index is 0.130. The third-order valence-corrected chi connectivity index (χ3v) is 2.46. The van der Waals surface area contributed by atoms with Crippen molar-refractivity contribution in [1.29, 1.82) is 0 Å². The topological polar surface area (TPSA) is 48.9 Å². The van der Waals surface area contributed by atoms with E-state index in [1.807, 2.05) is 0 Å². The highest BCUT2D eigenvalue weighted by Crippen LogP contribution is 2.41. The Morgan fingerprint density at radius 1 is 1.58 bits per heavy atom. The van der Waals surface area contributed by atoms with Gasteiger partial charge in [-0.1, -0.05) is 6.92 Å². The van der Waals surface area contributed by atoms with Crippen LogP contribution < -0.4 is 0 Å². The van der Waals surface area contributed by atoms with Gasteiger partial charge < -0.3 is 5.11 Å². The summed E-state index contributed by atoms with van der Waals surface area (Å²) in [5, 5.41) is 16.4. The molecule has 1 heterocycles. The maximum Gasteiger partial charge on any atom is 0.0718 e. The zero-order chi connectivity index (χ0) is 8.55. The number of nitrogens with zero attached hydrogens (tertiary/aromatic N) is 1. The first-order valence-electron chi connectivity index (χ1n) is 4.53. The Morgan fingerprint density at radius 3 is 2.83 bits per heavy atom. The molecule has 0 saturated heterocycles. The van der Waals surface area contributed by atoms with E-state index in [0.717, 1.165) is 23.4 Å². The molecule has 0 spiro atoms.